The molecule has 0 bridgehead atoms. The molecule has 5 heteroatoms. The Labute approximate surface area is 260 Å². The fourth-order valence-electron chi connectivity index (χ4n) is 8.33. The van der Waals surface area contributed by atoms with Crippen LogP contribution in [0.3, 0.4) is 0 Å². The van der Waals surface area contributed by atoms with E-state index < -0.39 is 5.54 Å². The summed E-state index contributed by atoms with van der Waals surface area (Å²) in [6.45, 7) is 9.82. The monoisotopic (exact) mass is 588 g/mol. The molecule has 1 aliphatic heterocycles. The number of hydrogen-bond acceptors (Lipinski definition) is 3. The Morgan fingerprint density at radius 1 is 0.667 bits per heavy atom. The third kappa shape index (κ3) is 10.5. The van der Waals surface area contributed by atoms with E-state index in [1.165, 1.54) is 122 Å². The first-order valence-electron chi connectivity index (χ1n) is 18.8. The number of imide groups is 1. The van der Waals surface area contributed by atoms with E-state index in [1.54, 1.807) is 4.90 Å². The Morgan fingerprint density at radius 3 is 1.45 bits per heavy atom. The molecule has 0 radical (unpaired) electrons. The average molecular weight is 588 g/mol. The Bertz CT molecular complexity index is 732. The summed E-state index contributed by atoms with van der Waals surface area (Å²) < 4.78 is 0. The molecule has 1 heterocycles. The molecule has 1 unspecified atom stereocenters. The van der Waals surface area contributed by atoms with Crippen LogP contribution >= 0.6 is 0 Å². The van der Waals surface area contributed by atoms with E-state index in [9.17, 15) is 9.59 Å². The first-order valence-corrected chi connectivity index (χ1v) is 18.8. The van der Waals surface area contributed by atoms with Gasteiger partial charge in [-0.05, 0) is 69.2 Å². The van der Waals surface area contributed by atoms with Gasteiger partial charge in [0.2, 0.25) is 0 Å². The smallest absolute Gasteiger partial charge is 0.322 e. The number of nitrogens with zero attached hydrogens (tertiary/aromatic N) is 1. The molecule has 1 atom stereocenters. The Balaban J connectivity index is 1.30. The van der Waals surface area contributed by atoms with Gasteiger partial charge < -0.3 is 5.32 Å². The maximum absolute atomic E-state index is 14.2. The van der Waals surface area contributed by atoms with E-state index in [4.69, 9.17) is 0 Å². The number of hydrogen-bond donors (Lipinski definition) is 2. The van der Waals surface area contributed by atoms with Crippen molar-refractivity contribution in [2.75, 3.05) is 6.54 Å². The number of carbonyl (C=O) groups is 2. The van der Waals surface area contributed by atoms with Gasteiger partial charge in [-0.3, -0.25) is 10.1 Å². The van der Waals surface area contributed by atoms with Crippen molar-refractivity contribution in [3.8, 4) is 0 Å². The number of rotatable bonds is 21. The van der Waals surface area contributed by atoms with Gasteiger partial charge in [-0.2, -0.15) is 0 Å². The van der Waals surface area contributed by atoms with Crippen molar-refractivity contribution in [2.24, 2.45) is 23.7 Å². The van der Waals surface area contributed by atoms with E-state index >= 15 is 0 Å². The van der Waals surface area contributed by atoms with E-state index in [-0.39, 0.29) is 29.9 Å². The average Bonchev–Trinajstić information content (AvgIpc) is 3.25. The van der Waals surface area contributed by atoms with Crippen LogP contribution in [-0.2, 0) is 4.79 Å². The quantitative estimate of drug-likeness (QED) is 0.104. The standard InChI is InChI=1S/C37H69N3O2/c1-5-6-7-8-9-10-11-12-13-14-15-16-17-18-19-20-29-38-32(4)40-35(41)37(39-36(40)42,33-25-21-30(2)22-26-33)34-27-23-31(3)24-28-34/h30-34,38H,5-29H2,1-4H3,(H,39,42). The van der Waals surface area contributed by atoms with Gasteiger partial charge in [0.15, 0.2) is 0 Å². The second-order valence-corrected chi connectivity index (χ2v) is 14.8. The third-order valence-electron chi connectivity index (χ3n) is 11.3. The molecule has 2 aliphatic carbocycles. The molecular formula is C37H69N3O2. The lowest BCUT2D eigenvalue weighted by Crippen LogP contribution is -2.60. The molecule has 3 aliphatic rings. The highest BCUT2D eigenvalue weighted by molar-refractivity contribution is 6.07. The van der Waals surface area contributed by atoms with Gasteiger partial charge in [0.25, 0.3) is 5.91 Å². The molecule has 0 aromatic carbocycles. The molecule has 244 valence electrons. The van der Waals surface area contributed by atoms with Crippen molar-refractivity contribution in [1.82, 2.24) is 15.5 Å². The zero-order chi connectivity index (χ0) is 30.2. The second kappa shape index (κ2) is 19.3. The molecule has 1 saturated heterocycles. The molecular weight excluding hydrogens is 518 g/mol. The van der Waals surface area contributed by atoms with Crippen LogP contribution in [0.15, 0.2) is 0 Å². The van der Waals surface area contributed by atoms with E-state index in [2.05, 4.69) is 31.4 Å². The summed E-state index contributed by atoms with van der Waals surface area (Å²) in [5.41, 5.74) is -0.679. The van der Waals surface area contributed by atoms with Crippen LogP contribution in [0.1, 0.15) is 182 Å². The third-order valence-corrected chi connectivity index (χ3v) is 11.3. The Kier molecular flexibility index (Phi) is 16.3. The summed E-state index contributed by atoms with van der Waals surface area (Å²) >= 11 is 0. The lowest BCUT2D eigenvalue weighted by molar-refractivity contribution is -0.139. The van der Waals surface area contributed by atoms with Crippen LogP contribution in [0.4, 0.5) is 4.79 Å². The molecule has 2 N–H and O–H groups in total. The molecule has 3 rings (SSSR count). The molecule has 0 aromatic rings. The van der Waals surface area contributed by atoms with Crippen LogP contribution in [-0.4, -0.2) is 35.1 Å². The van der Waals surface area contributed by atoms with Crippen molar-refractivity contribution >= 4 is 11.9 Å². The topological polar surface area (TPSA) is 61.4 Å². The van der Waals surface area contributed by atoms with Crippen LogP contribution in [0, 0.1) is 23.7 Å². The highest BCUT2D eigenvalue weighted by Gasteiger charge is 2.60. The molecule has 0 spiro atoms. The Hall–Kier alpha value is -1.10. The lowest BCUT2D eigenvalue weighted by Gasteiger charge is -2.46. The first-order chi connectivity index (χ1) is 20.4. The van der Waals surface area contributed by atoms with Gasteiger partial charge in [-0.1, -0.05) is 143 Å². The van der Waals surface area contributed by atoms with E-state index in [1.807, 2.05) is 6.92 Å². The number of amides is 3. The molecule has 3 amide bonds. The first kappa shape index (κ1) is 35.4. The highest BCUT2D eigenvalue weighted by atomic mass is 16.2. The predicted molar refractivity (Wildman–Crippen MR) is 177 cm³/mol. The molecule has 5 nitrogen and oxygen atoms in total. The summed E-state index contributed by atoms with van der Waals surface area (Å²) in [4.78, 5) is 29.2. The maximum Gasteiger partial charge on any atom is 0.326 e. The number of urea groups is 1. The van der Waals surface area contributed by atoms with Gasteiger partial charge in [-0.15, -0.1) is 0 Å². The molecule has 0 aromatic heterocycles. The summed E-state index contributed by atoms with van der Waals surface area (Å²) in [5, 5.41) is 6.91. The number of nitrogens with one attached hydrogen (secondary N) is 2. The zero-order valence-corrected chi connectivity index (χ0v) is 28.3. The van der Waals surface area contributed by atoms with Crippen molar-refractivity contribution in [1.29, 1.82) is 0 Å². The van der Waals surface area contributed by atoms with Gasteiger partial charge in [0, 0.05) is 0 Å². The van der Waals surface area contributed by atoms with E-state index in [0.29, 0.717) is 0 Å². The second-order valence-electron chi connectivity index (χ2n) is 14.8. The van der Waals surface area contributed by atoms with Crippen molar-refractivity contribution in [3.05, 3.63) is 0 Å². The normalized spacial score (nSPS) is 29.2. The summed E-state index contributed by atoms with van der Waals surface area (Å²) in [6, 6.07) is -0.163. The van der Waals surface area contributed by atoms with Crippen LogP contribution in [0.25, 0.3) is 0 Å². The fourth-order valence-corrected chi connectivity index (χ4v) is 8.33. The largest absolute Gasteiger partial charge is 0.326 e. The van der Waals surface area contributed by atoms with Crippen molar-refractivity contribution < 1.29 is 9.59 Å². The molecule has 2 saturated carbocycles. The van der Waals surface area contributed by atoms with E-state index in [0.717, 1.165) is 50.5 Å². The van der Waals surface area contributed by atoms with Gasteiger partial charge in [0.05, 0.1) is 6.17 Å². The summed E-state index contributed by atoms with van der Waals surface area (Å²) in [7, 11) is 0. The summed E-state index contributed by atoms with van der Waals surface area (Å²) in [5.74, 6) is 2.09. The number of carbonyl (C=O) groups excluding carboxylic acids is 2. The van der Waals surface area contributed by atoms with Gasteiger partial charge in [0.1, 0.15) is 5.54 Å². The maximum atomic E-state index is 14.2. The molecule has 3 fully saturated rings. The number of unbranched alkanes of at least 4 members (excludes halogenated alkanes) is 15. The van der Waals surface area contributed by atoms with Crippen LogP contribution in [0.2, 0.25) is 0 Å². The minimum Gasteiger partial charge on any atom is -0.322 e. The Morgan fingerprint density at radius 2 is 1.05 bits per heavy atom. The van der Waals surface area contributed by atoms with Gasteiger partial charge in [-0.25, -0.2) is 9.69 Å². The summed E-state index contributed by atoms with van der Waals surface area (Å²) in [6.07, 6.45) is 30.6. The van der Waals surface area contributed by atoms with Crippen LogP contribution in [0.5, 0.6) is 0 Å². The van der Waals surface area contributed by atoms with Crippen molar-refractivity contribution in [3.63, 3.8) is 0 Å². The fraction of sp³-hybridized carbons (Fsp3) is 0.946. The zero-order valence-electron chi connectivity index (χ0n) is 28.3. The highest BCUT2D eigenvalue weighted by Crippen LogP contribution is 2.47. The lowest BCUT2D eigenvalue weighted by atomic mass is 9.62. The van der Waals surface area contributed by atoms with Gasteiger partial charge >= 0.3 is 6.03 Å². The van der Waals surface area contributed by atoms with Crippen molar-refractivity contribution in [2.45, 2.75) is 193 Å². The minimum absolute atomic E-state index is 0.0681. The van der Waals surface area contributed by atoms with Crippen LogP contribution < -0.4 is 10.6 Å². The predicted octanol–water partition coefficient (Wildman–Crippen LogP) is 10.1. The SMILES string of the molecule is CCCCCCCCCCCCCCCCCCNC(C)N1C(=O)NC(C2CCC(C)CC2)(C2CCC(C)CC2)C1=O. The molecule has 42 heavy (non-hydrogen) atoms. The minimum atomic E-state index is -0.679.